The van der Waals surface area contributed by atoms with Gasteiger partial charge in [0.1, 0.15) is 13.1 Å². The highest BCUT2D eigenvalue weighted by Gasteiger charge is 2.29. The summed E-state index contributed by atoms with van der Waals surface area (Å²) in [6, 6.07) is 0. The van der Waals surface area contributed by atoms with Gasteiger partial charge in [-0.15, -0.1) is 0 Å². The molecule has 0 aromatic rings. The maximum Gasteiger partial charge on any atom is 0.325 e. The molecule has 0 rings (SSSR count). The highest BCUT2D eigenvalue weighted by molar-refractivity contribution is 5.86. The molecule has 0 aliphatic heterocycles. The van der Waals surface area contributed by atoms with Crippen LogP contribution in [0.25, 0.3) is 0 Å². The normalized spacial score (nSPS) is 10.7. The first-order valence-electron chi connectivity index (χ1n) is 6.24. The van der Waals surface area contributed by atoms with Crippen molar-refractivity contribution in [2.45, 2.75) is 26.7 Å². The number of aliphatic carboxylic acids is 1. The number of rotatable bonds is 8. The van der Waals surface area contributed by atoms with E-state index >= 15 is 0 Å². The van der Waals surface area contributed by atoms with Gasteiger partial charge in [0.2, 0.25) is 5.91 Å². The summed E-state index contributed by atoms with van der Waals surface area (Å²) in [7, 11) is 2.33. The van der Waals surface area contributed by atoms with Crippen molar-refractivity contribution in [2.75, 3.05) is 27.3 Å². The fourth-order valence-electron chi connectivity index (χ4n) is 1.67. The fraction of sp³-hybridized carbons (Fsp3) is 0.692. The monoisotopic (exact) mass is 303 g/mol. The van der Waals surface area contributed by atoms with Gasteiger partial charge in [-0.05, 0) is 5.41 Å². The minimum Gasteiger partial charge on any atom is -0.481 e. The first-order chi connectivity index (χ1) is 9.61. The van der Waals surface area contributed by atoms with Gasteiger partial charge < -0.3 is 19.5 Å². The van der Waals surface area contributed by atoms with E-state index in [1.165, 1.54) is 0 Å². The molecule has 0 aromatic carbocycles. The lowest BCUT2D eigenvalue weighted by molar-refractivity contribution is -0.153. The first kappa shape index (κ1) is 18.9. The molecule has 1 N–H and O–H groups in total. The zero-order valence-electron chi connectivity index (χ0n) is 12.7. The molecule has 120 valence electrons. The summed E-state index contributed by atoms with van der Waals surface area (Å²) in [5, 5.41) is 8.79. The van der Waals surface area contributed by atoms with Crippen LogP contribution in [0.3, 0.4) is 0 Å². The molecule has 0 saturated heterocycles. The van der Waals surface area contributed by atoms with Gasteiger partial charge in [-0.2, -0.15) is 0 Å². The number of carbonyl (C=O) groups excluding carboxylic acids is 3. The van der Waals surface area contributed by atoms with Gasteiger partial charge in [-0.1, -0.05) is 13.8 Å². The van der Waals surface area contributed by atoms with E-state index < -0.39 is 42.3 Å². The van der Waals surface area contributed by atoms with E-state index in [0.29, 0.717) is 0 Å². The van der Waals surface area contributed by atoms with E-state index in [4.69, 9.17) is 5.11 Å². The van der Waals surface area contributed by atoms with Crippen molar-refractivity contribution in [3.63, 3.8) is 0 Å². The molecule has 0 bridgehead atoms. The third kappa shape index (κ3) is 7.91. The number of ether oxygens (including phenoxy) is 2. The molecule has 8 nitrogen and oxygen atoms in total. The summed E-state index contributed by atoms with van der Waals surface area (Å²) in [5.41, 5.74) is -0.798. The summed E-state index contributed by atoms with van der Waals surface area (Å²) >= 11 is 0. The van der Waals surface area contributed by atoms with Crippen LogP contribution in [0.4, 0.5) is 0 Å². The Hall–Kier alpha value is -2.12. The molecule has 0 saturated carbocycles. The Labute approximate surface area is 123 Å². The SMILES string of the molecule is COC(=O)CN(CC(=O)OC)C(=O)CC(C)(C)CC(=O)O. The molecule has 21 heavy (non-hydrogen) atoms. The molecule has 0 heterocycles. The van der Waals surface area contributed by atoms with Crippen LogP contribution >= 0.6 is 0 Å². The number of carboxylic acid groups (broad SMARTS) is 1. The second kappa shape index (κ2) is 8.23. The van der Waals surface area contributed by atoms with Crippen LogP contribution in [0, 0.1) is 5.41 Å². The van der Waals surface area contributed by atoms with Crippen LogP contribution in [-0.2, 0) is 28.7 Å². The molecule has 0 radical (unpaired) electrons. The molecule has 8 heteroatoms. The van der Waals surface area contributed by atoms with E-state index in [-0.39, 0.29) is 12.8 Å². The summed E-state index contributed by atoms with van der Waals surface area (Å²) in [6.07, 6.45) is -0.323. The Morgan fingerprint density at radius 1 is 0.952 bits per heavy atom. The van der Waals surface area contributed by atoms with Crippen LogP contribution in [0.5, 0.6) is 0 Å². The highest BCUT2D eigenvalue weighted by Crippen LogP contribution is 2.25. The van der Waals surface area contributed by atoms with Gasteiger partial charge >= 0.3 is 17.9 Å². The third-order valence-corrected chi connectivity index (χ3v) is 2.71. The Bertz CT molecular complexity index is 399. The van der Waals surface area contributed by atoms with E-state index in [1.54, 1.807) is 13.8 Å². The van der Waals surface area contributed by atoms with Gasteiger partial charge in [0.15, 0.2) is 0 Å². The lowest BCUT2D eigenvalue weighted by Gasteiger charge is -2.26. The molecular weight excluding hydrogens is 282 g/mol. The van der Waals surface area contributed by atoms with Gasteiger partial charge in [0.05, 0.1) is 20.6 Å². The second-order valence-corrected chi connectivity index (χ2v) is 5.31. The first-order valence-corrected chi connectivity index (χ1v) is 6.24. The molecule has 0 aromatic heterocycles. The van der Waals surface area contributed by atoms with Crippen LogP contribution in [-0.4, -0.2) is 61.1 Å². The lowest BCUT2D eigenvalue weighted by Crippen LogP contribution is -2.42. The molecule has 0 unspecified atom stereocenters. The number of amides is 1. The predicted octanol–water partition coefficient (Wildman–Crippen LogP) is 0.0520. The minimum atomic E-state index is -1.03. The molecular formula is C13H21NO7. The summed E-state index contributed by atoms with van der Waals surface area (Å²) < 4.78 is 8.92. The number of carbonyl (C=O) groups is 4. The van der Waals surface area contributed by atoms with Gasteiger partial charge in [0, 0.05) is 6.42 Å². The smallest absolute Gasteiger partial charge is 0.325 e. The highest BCUT2D eigenvalue weighted by atomic mass is 16.5. The average molecular weight is 303 g/mol. The topological polar surface area (TPSA) is 110 Å². The maximum absolute atomic E-state index is 12.2. The van der Waals surface area contributed by atoms with Crippen LogP contribution in [0.15, 0.2) is 0 Å². The van der Waals surface area contributed by atoms with Crippen molar-refractivity contribution in [3.05, 3.63) is 0 Å². The van der Waals surface area contributed by atoms with Crippen molar-refractivity contribution in [1.29, 1.82) is 0 Å². The second-order valence-electron chi connectivity index (χ2n) is 5.31. The Morgan fingerprint density at radius 3 is 1.71 bits per heavy atom. The Balaban J connectivity index is 4.88. The summed E-state index contributed by atoms with van der Waals surface area (Å²) in [5.74, 6) is -2.90. The van der Waals surface area contributed by atoms with Crippen molar-refractivity contribution < 1.29 is 33.8 Å². The lowest BCUT2D eigenvalue weighted by atomic mass is 9.85. The van der Waals surface area contributed by atoms with Crippen LogP contribution in [0.2, 0.25) is 0 Å². The number of carboxylic acids is 1. The number of methoxy groups -OCH3 is 2. The zero-order valence-corrected chi connectivity index (χ0v) is 12.7. The van der Waals surface area contributed by atoms with E-state index in [9.17, 15) is 19.2 Å². The minimum absolute atomic E-state index is 0.118. The molecule has 0 spiro atoms. The van der Waals surface area contributed by atoms with E-state index in [1.807, 2.05) is 0 Å². The molecule has 0 aliphatic rings. The molecule has 0 aliphatic carbocycles. The van der Waals surface area contributed by atoms with Crippen molar-refractivity contribution in [2.24, 2.45) is 5.41 Å². The Kier molecular flexibility index (Phi) is 7.40. The van der Waals surface area contributed by atoms with Crippen molar-refractivity contribution >= 4 is 23.8 Å². The fourth-order valence-corrected chi connectivity index (χ4v) is 1.67. The van der Waals surface area contributed by atoms with Crippen molar-refractivity contribution in [1.82, 2.24) is 4.90 Å². The number of hydrogen-bond donors (Lipinski definition) is 1. The maximum atomic E-state index is 12.2. The average Bonchev–Trinajstić information content (AvgIpc) is 2.35. The number of esters is 2. The number of nitrogens with zero attached hydrogens (tertiary/aromatic N) is 1. The van der Waals surface area contributed by atoms with Gasteiger partial charge in [0.25, 0.3) is 0 Å². The number of hydrogen-bond acceptors (Lipinski definition) is 6. The van der Waals surface area contributed by atoms with Crippen LogP contribution in [0.1, 0.15) is 26.7 Å². The summed E-state index contributed by atoms with van der Waals surface area (Å²) in [6.45, 7) is 2.45. The Morgan fingerprint density at radius 2 is 1.38 bits per heavy atom. The van der Waals surface area contributed by atoms with Crippen molar-refractivity contribution in [3.8, 4) is 0 Å². The predicted molar refractivity (Wildman–Crippen MR) is 71.3 cm³/mol. The zero-order chi connectivity index (χ0) is 16.6. The van der Waals surface area contributed by atoms with Gasteiger partial charge in [-0.3, -0.25) is 19.2 Å². The summed E-state index contributed by atoms with van der Waals surface area (Å²) in [4.78, 5) is 46.4. The molecule has 1 amide bonds. The standard InChI is InChI=1S/C13H21NO7/c1-13(2,6-10(16)17)5-9(15)14(7-11(18)20-3)8-12(19)21-4/h5-8H2,1-4H3,(H,16,17). The largest absolute Gasteiger partial charge is 0.481 e. The van der Waals surface area contributed by atoms with Gasteiger partial charge in [-0.25, -0.2) is 0 Å². The molecule has 0 atom stereocenters. The quantitative estimate of drug-likeness (QED) is 0.631. The third-order valence-electron chi connectivity index (χ3n) is 2.71. The van der Waals surface area contributed by atoms with E-state index in [0.717, 1.165) is 19.1 Å². The molecule has 0 fully saturated rings. The van der Waals surface area contributed by atoms with E-state index in [2.05, 4.69) is 9.47 Å². The van der Waals surface area contributed by atoms with Crippen LogP contribution < -0.4 is 0 Å².